The van der Waals surface area contributed by atoms with Crippen LogP contribution in [0.3, 0.4) is 0 Å². The van der Waals surface area contributed by atoms with E-state index in [1.807, 2.05) is 0 Å². The van der Waals surface area contributed by atoms with Crippen molar-refractivity contribution in [2.75, 3.05) is 24.2 Å². The minimum absolute atomic E-state index is 0.150. The van der Waals surface area contributed by atoms with Crippen LogP contribution in [-0.4, -0.2) is 30.4 Å². The zero-order chi connectivity index (χ0) is 16.1. The summed E-state index contributed by atoms with van der Waals surface area (Å²) in [6.45, 7) is 2.19. The van der Waals surface area contributed by atoms with Gasteiger partial charge >= 0.3 is 6.03 Å². The average molecular weight is 324 g/mol. The Morgan fingerprint density at radius 3 is 2.59 bits per heavy atom. The van der Waals surface area contributed by atoms with E-state index in [-0.39, 0.29) is 11.9 Å². The molecule has 0 aliphatic heterocycles. The van der Waals surface area contributed by atoms with Gasteiger partial charge < -0.3 is 15.5 Å². The molecule has 22 heavy (non-hydrogen) atoms. The van der Waals surface area contributed by atoms with Crippen molar-refractivity contribution in [3.8, 4) is 0 Å². The molecule has 1 aliphatic carbocycles. The molecule has 120 valence electrons. The molecule has 2 N–H and O–H groups in total. The molecule has 1 aromatic carbocycles. The topological polar surface area (TPSA) is 61.4 Å². The third kappa shape index (κ3) is 4.63. The van der Waals surface area contributed by atoms with E-state index in [1.165, 1.54) is 32.6 Å². The Kier molecular flexibility index (Phi) is 5.66. The van der Waals surface area contributed by atoms with Crippen LogP contribution < -0.4 is 10.6 Å². The highest BCUT2D eigenvalue weighted by atomic mass is 35.5. The van der Waals surface area contributed by atoms with Crippen molar-refractivity contribution in [3.05, 3.63) is 23.2 Å². The Bertz CT molecular complexity index is 556. The van der Waals surface area contributed by atoms with Crippen molar-refractivity contribution in [1.82, 2.24) is 4.90 Å². The Labute approximate surface area is 136 Å². The van der Waals surface area contributed by atoms with Crippen LogP contribution >= 0.6 is 11.6 Å². The number of anilines is 2. The lowest BCUT2D eigenvalue weighted by molar-refractivity contribution is -0.114. The fraction of sp³-hybridized carbons (Fsp3) is 0.500. The number of hydrogen-bond acceptors (Lipinski definition) is 2. The fourth-order valence-electron chi connectivity index (χ4n) is 2.77. The SMILES string of the molecule is CC(=O)Nc1cc(NC(=O)N(C)CC2CCCC2)ccc1Cl. The Hall–Kier alpha value is -1.75. The highest BCUT2D eigenvalue weighted by molar-refractivity contribution is 6.33. The average Bonchev–Trinajstić information content (AvgIpc) is 2.94. The van der Waals surface area contributed by atoms with Gasteiger partial charge in [-0.2, -0.15) is 0 Å². The number of benzene rings is 1. The Morgan fingerprint density at radius 1 is 1.27 bits per heavy atom. The summed E-state index contributed by atoms with van der Waals surface area (Å²) in [6, 6.07) is 4.88. The van der Waals surface area contributed by atoms with E-state index in [2.05, 4.69) is 10.6 Å². The van der Waals surface area contributed by atoms with Gasteiger partial charge in [-0.25, -0.2) is 4.79 Å². The number of nitrogens with zero attached hydrogens (tertiary/aromatic N) is 1. The maximum Gasteiger partial charge on any atom is 0.321 e. The fourth-order valence-corrected chi connectivity index (χ4v) is 2.94. The van der Waals surface area contributed by atoms with Gasteiger partial charge in [0.1, 0.15) is 0 Å². The number of carbonyl (C=O) groups excluding carboxylic acids is 2. The summed E-state index contributed by atoms with van der Waals surface area (Å²) < 4.78 is 0. The second kappa shape index (κ2) is 7.49. The van der Waals surface area contributed by atoms with Crippen LogP contribution in [-0.2, 0) is 4.79 Å². The first kappa shape index (κ1) is 16.6. The van der Waals surface area contributed by atoms with Crippen LogP contribution in [0.25, 0.3) is 0 Å². The van der Waals surface area contributed by atoms with Crippen molar-refractivity contribution in [2.45, 2.75) is 32.6 Å². The van der Waals surface area contributed by atoms with Crippen LogP contribution in [0.5, 0.6) is 0 Å². The molecule has 0 saturated heterocycles. The lowest BCUT2D eigenvalue weighted by Gasteiger charge is -2.21. The first-order chi connectivity index (χ1) is 10.5. The summed E-state index contributed by atoms with van der Waals surface area (Å²) in [4.78, 5) is 25.1. The summed E-state index contributed by atoms with van der Waals surface area (Å²) in [5.74, 6) is 0.402. The number of hydrogen-bond donors (Lipinski definition) is 2. The molecular formula is C16H22ClN3O2. The molecule has 0 heterocycles. The predicted octanol–water partition coefficient (Wildman–Crippen LogP) is 3.95. The van der Waals surface area contributed by atoms with Gasteiger partial charge in [-0.1, -0.05) is 24.4 Å². The molecule has 1 saturated carbocycles. The Morgan fingerprint density at radius 2 is 1.95 bits per heavy atom. The van der Waals surface area contributed by atoms with Crippen molar-refractivity contribution in [2.24, 2.45) is 5.92 Å². The molecule has 0 unspecified atom stereocenters. The molecule has 1 aromatic rings. The summed E-state index contributed by atoms with van der Waals surface area (Å²) in [5.41, 5.74) is 1.10. The second-order valence-electron chi connectivity index (χ2n) is 5.84. The highest BCUT2D eigenvalue weighted by Gasteiger charge is 2.19. The van der Waals surface area contributed by atoms with Crippen molar-refractivity contribution in [1.29, 1.82) is 0 Å². The maximum absolute atomic E-state index is 12.2. The van der Waals surface area contributed by atoms with Crippen LogP contribution in [0.4, 0.5) is 16.2 Å². The summed E-state index contributed by atoms with van der Waals surface area (Å²) in [7, 11) is 1.80. The van der Waals surface area contributed by atoms with Gasteiger partial charge in [0, 0.05) is 26.2 Å². The minimum atomic E-state index is -0.205. The number of carbonyl (C=O) groups is 2. The monoisotopic (exact) mass is 323 g/mol. The zero-order valence-corrected chi connectivity index (χ0v) is 13.7. The lowest BCUT2D eigenvalue weighted by atomic mass is 10.1. The number of halogens is 1. The summed E-state index contributed by atoms with van der Waals surface area (Å²) in [5, 5.41) is 5.91. The van der Waals surface area contributed by atoms with Crippen molar-refractivity contribution in [3.63, 3.8) is 0 Å². The second-order valence-corrected chi connectivity index (χ2v) is 6.24. The van der Waals surface area contributed by atoms with Gasteiger partial charge in [-0.3, -0.25) is 4.79 Å². The van der Waals surface area contributed by atoms with E-state index in [0.29, 0.717) is 22.3 Å². The standard InChI is InChI=1S/C16H22ClN3O2/c1-11(21)18-15-9-13(7-8-14(15)17)19-16(22)20(2)10-12-5-3-4-6-12/h7-9,12H,3-6,10H2,1-2H3,(H,18,21)(H,19,22). The minimum Gasteiger partial charge on any atom is -0.327 e. The third-order valence-corrected chi connectivity index (χ3v) is 4.21. The largest absolute Gasteiger partial charge is 0.327 e. The van der Waals surface area contributed by atoms with Gasteiger partial charge in [0.2, 0.25) is 5.91 Å². The first-order valence-corrected chi connectivity index (χ1v) is 7.93. The van der Waals surface area contributed by atoms with Crippen molar-refractivity contribution >= 4 is 34.9 Å². The molecule has 3 amide bonds. The van der Waals surface area contributed by atoms with Gasteiger partial charge in [0.25, 0.3) is 0 Å². The van der Waals surface area contributed by atoms with Gasteiger partial charge in [0.15, 0.2) is 0 Å². The first-order valence-electron chi connectivity index (χ1n) is 7.55. The number of nitrogens with one attached hydrogen (secondary N) is 2. The normalized spacial score (nSPS) is 14.7. The molecule has 1 aliphatic rings. The van der Waals surface area contributed by atoms with E-state index >= 15 is 0 Å². The van der Waals surface area contributed by atoms with Crippen LogP contribution in [0.15, 0.2) is 18.2 Å². The quantitative estimate of drug-likeness (QED) is 0.881. The smallest absolute Gasteiger partial charge is 0.321 e. The molecule has 0 aromatic heterocycles. The molecule has 0 atom stereocenters. The van der Waals surface area contributed by atoms with E-state index in [0.717, 1.165) is 6.54 Å². The van der Waals surface area contributed by atoms with Crippen LogP contribution in [0, 0.1) is 5.92 Å². The number of rotatable bonds is 4. The van der Waals surface area contributed by atoms with Gasteiger partial charge in [-0.05, 0) is 37.0 Å². The van der Waals surface area contributed by atoms with Crippen LogP contribution in [0.2, 0.25) is 5.02 Å². The molecule has 5 nitrogen and oxygen atoms in total. The van der Waals surface area contributed by atoms with Gasteiger partial charge in [0.05, 0.1) is 10.7 Å². The number of amides is 3. The van der Waals surface area contributed by atoms with E-state index < -0.39 is 0 Å². The van der Waals surface area contributed by atoms with Crippen molar-refractivity contribution < 1.29 is 9.59 Å². The number of urea groups is 1. The highest BCUT2D eigenvalue weighted by Crippen LogP contribution is 2.27. The molecule has 6 heteroatoms. The van der Waals surface area contributed by atoms with E-state index in [1.54, 1.807) is 30.1 Å². The predicted molar refractivity (Wildman–Crippen MR) is 89.4 cm³/mol. The lowest BCUT2D eigenvalue weighted by Crippen LogP contribution is -2.34. The van der Waals surface area contributed by atoms with E-state index in [4.69, 9.17) is 11.6 Å². The summed E-state index contributed by atoms with van der Waals surface area (Å²) >= 11 is 6.01. The van der Waals surface area contributed by atoms with E-state index in [9.17, 15) is 9.59 Å². The van der Waals surface area contributed by atoms with Crippen LogP contribution in [0.1, 0.15) is 32.6 Å². The molecule has 0 bridgehead atoms. The molecule has 0 spiro atoms. The third-order valence-electron chi connectivity index (χ3n) is 3.88. The molecule has 1 fully saturated rings. The van der Waals surface area contributed by atoms with Gasteiger partial charge in [-0.15, -0.1) is 0 Å². The molecular weight excluding hydrogens is 302 g/mol. The molecule has 2 rings (SSSR count). The molecule has 0 radical (unpaired) electrons. The summed E-state index contributed by atoms with van der Waals surface area (Å²) in [6.07, 6.45) is 4.92. The Balaban J connectivity index is 1.96. The maximum atomic E-state index is 12.2. The zero-order valence-electron chi connectivity index (χ0n) is 13.0.